The first kappa shape index (κ1) is 12.4. The van der Waals surface area contributed by atoms with Crippen molar-refractivity contribution < 1.29 is 15.0 Å². The molecule has 0 aromatic carbocycles. The lowest BCUT2D eigenvalue weighted by Crippen LogP contribution is -2.21. The Balaban J connectivity index is 3.87. The maximum Gasteiger partial charge on any atom is 0.306 e. The molecule has 0 saturated carbocycles. The molecule has 0 aromatic rings. The van der Waals surface area contributed by atoms with Crippen LogP contribution in [0.1, 0.15) is 32.6 Å². The van der Waals surface area contributed by atoms with Gasteiger partial charge in [0.05, 0.1) is 12.0 Å². The van der Waals surface area contributed by atoms with Gasteiger partial charge >= 0.3 is 5.97 Å². The van der Waals surface area contributed by atoms with E-state index in [1.54, 1.807) is 0 Å². The van der Waals surface area contributed by atoms with E-state index in [2.05, 4.69) is 0 Å². The van der Waals surface area contributed by atoms with Crippen LogP contribution in [0.5, 0.6) is 0 Å². The van der Waals surface area contributed by atoms with Gasteiger partial charge in [0.15, 0.2) is 0 Å². The minimum absolute atomic E-state index is 0.339. The van der Waals surface area contributed by atoms with Crippen molar-refractivity contribution in [3.05, 3.63) is 0 Å². The molecule has 2 unspecified atom stereocenters. The second-order valence-electron chi connectivity index (χ2n) is 3.26. The fourth-order valence-corrected chi connectivity index (χ4v) is 1.20. The van der Waals surface area contributed by atoms with Crippen LogP contribution >= 0.6 is 0 Å². The number of carboxylic acids is 1. The van der Waals surface area contributed by atoms with Gasteiger partial charge in [-0.25, -0.2) is 0 Å². The molecule has 0 amide bonds. The highest BCUT2D eigenvalue weighted by atomic mass is 16.4. The minimum atomic E-state index is -0.832. The average molecular weight is 189 g/mol. The minimum Gasteiger partial charge on any atom is -0.481 e. The fraction of sp³-hybridized carbons (Fsp3) is 0.889. The number of rotatable bonds is 7. The molecule has 0 heterocycles. The largest absolute Gasteiger partial charge is 0.481 e. The normalized spacial score (nSPS) is 15.3. The Morgan fingerprint density at radius 2 is 2.15 bits per heavy atom. The highest BCUT2D eigenvalue weighted by Crippen LogP contribution is 2.15. The molecular formula is C9H19NO3. The lowest BCUT2D eigenvalue weighted by Gasteiger charge is -2.14. The Labute approximate surface area is 78.7 Å². The second-order valence-corrected chi connectivity index (χ2v) is 3.26. The van der Waals surface area contributed by atoms with Crippen LogP contribution in [0.2, 0.25) is 0 Å². The zero-order valence-electron chi connectivity index (χ0n) is 8.07. The van der Waals surface area contributed by atoms with Gasteiger partial charge in [-0.15, -0.1) is 0 Å². The van der Waals surface area contributed by atoms with Crippen molar-refractivity contribution in [2.45, 2.75) is 38.7 Å². The van der Waals surface area contributed by atoms with Gasteiger partial charge in [-0.1, -0.05) is 6.92 Å². The maximum absolute atomic E-state index is 10.7. The molecule has 4 heteroatoms. The number of hydrogen-bond acceptors (Lipinski definition) is 3. The molecule has 78 valence electrons. The van der Waals surface area contributed by atoms with Crippen LogP contribution in [0.4, 0.5) is 0 Å². The van der Waals surface area contributed by atoms with E-state index >= 15 is 0 Å². The van der Waals surface area contributed by atoms with Gasteiger partial charge < -0.3 is 15.9 Å². The molecule has 0 aliphatic rings. The van der Waals surface area contributed by atoms with Crippen molar-refractivity contribution >= 4 is 5.97 Å². The van der Waals surface area contributed by atoms with E-state index < -0.39 is 18.0 Å². The predicted octanol–water partition coefficient (Wildman–Crippen LogP) is 0.587. The van der Waals surface area contributed by atoms with Crippen LogP contribution < -0.4 is 5.73 Å². The summed E-state index contributed by atoms with van der Waals surface area (Å²) in [6.07, 6.45) is 1.70. The van der Waals surface area contributed by atoms with Crippen LogP contribution in [-0.4, -0.2) is 28.8 Å². The Morgan fingerprint density at radius 3 is 2.54 bits per heavy atom. The molecule has 0 aliphatic carbocycles. The van der Waals surface area contributed by atoms with Gasteiger partial charge in [-0.2, -0.15) is 0 Å². The highest BCUT2D eigenvalue weighted by Gasteiger charge is 2.19. The van der Waals surface area contributed by atoms with Crippen LogP contribution in [0.15, 0.2) is 0 Å². The van der Waals surface area contributed by atoms with E-state index in [4.69, 9.17) is 10.8 Å². The summed E-state index contributed by atoms with van der Waals surface area (Å²) in [6, 6.07) is 0. The molecule has 0 radical (unpaired) electrons. The number of aliphatic hydroxyl groups excluding tert-OH is 1. The van der Waals surface area contributed by atoms with Gasteiger partial charge in [-0.05, 0) is 32.2 Å². The molecule has 0 saturated heterocycles. The third-order valence-corrected chi connectivity index (χ3v) is 2.13. The third kappa shape index (κ3) is 5.60. The summed E-state index contributed by atoms with van der Waals surface area (Å²) in [4.78, 5) is 10.7. The van der Waals surface area contributed by atoms with Crippen molar-refractivity contribution in [1.82, 2.24) is 0 Å². The van der Waals surface area contributed by atoms with E-state index in [-0.39, 0.29) is 0 Å². The lowest BCUT2D eigenvalue weighted by molar-refractivity contribution is -0.143. The fourth-order valence-electron chi connectivity index (χ4n) is 1.20. The summed E-state index contributed by atoms with van der Waals surface area (Å²) in [5.41, 5.74) is 5.28. The average Bonchev–Trinajstić information content (AvgIpc) is 2.11. The summed E-state index contributed by atoms with van der Waals surface area (Å²) < 4.78 is 0. The second kappa shape index (κ2) is 6.86. The lowest BCUT2D eigenvalue weighted by atomic mass is 9.95. The van der Waals surface area contributed by atoms with E-state index in [1.165, 1.54) is 0 Å². The number of carbonyl (C=O) groups is 1. The first-order valence-corrected chi connectivity index (χ1v) is 4.72. The summed E-state index contributed by atoms with van der Waals surface area (Å²) in [5, 5.41) is 18.1. The molecule has 0 aliphatic heterocycles. The summed E-state index contributed by atoms with van der Waals surface area (Å²) in [5.74, 6) is -1.28. The zero-order chi connectivity index (χ0) is 10.3. The van der Waals surface area contributed by atoms with Crippen LogP contribution in [0.25, 0.3) is 0 Å². The van der Waals surface area contributed by atoms with Crippen LogP contribution in [0, 0.1) is 5.92 Å². The molecule has 4 N–H and O–H groups in total. The molecule has 13 heavy (non-hydrogen) atoms. The van der Waals surface area contributed by atoms with E-state index in [0.717, 1.165) is 0 Å². The number of nitrogens with two attached hydrogens (primary N) is 1. The van der Waals surface area contributed by atoms with Crippen molar-refractivity contribution in [2.24, 2.45) is 11.7 Å². The van der Waals surface area contributed by atoms with Crippen LogP contribution in [0.3, 0.4) is 0 Å². The van der Waals surface area contributed by atoms with Gasteiger partial charge in [0, 0.05) is 0 Å². The van der Waals surface area contributed by atoms with E-state index in [9.17, 15) is 9.90 Å². The van der Waals surface area contributed by atoms with Crippen molar-refractivity contribution in [3.8, 4) is 0 Å². The molecular weight excluding hydrogens is 170 g/mol. The molecule has 0 fully saturated rings. The van der Waals surface area contributed by atoms with Crippen LogP contribution in [-0.2, 0) is 4.79 Å². The Hall–Kier alpha value is -0.610. The van der Waals surface area contributed by atoms with Gasteiger partial charge in [0.25, 0.3) is 0 Å². The zero-order valence-corrected chi connectivity index (χ0v) is 8.07. The smallest absolute Gasteiger partial charge is 0.306 e. The number of hydrogen-bond donors (Lipinski definition) is 3. The maximum atomic E-state index is 10.7. The van der Waals surface area contributed by atoms with Crippen molar-refractivity contribution in [1.29, 1.82) is 0 Å². The van der Waals surface area contributed by atoms with Gasteiger partial charge in [0.1, 0.15) is 0 Å². The van der Waals surface area contributed by atoms with Crippen molar-refractivity contribution in [2.75, 3.05) is 6.54 Å². The molecule has 0 bridgehead atoms. The molecule has 0 rings (SSSR count). The Morgan fingerprint density at radius 1 is 1.54 bits per heavy atom. The van der Waals surface area contributed by atoms with E-state index in [0.29, 0.717) is 32.2 Å². The number of carboxylic acid groups (broad SMARTS) is 1. The Kier molecular flexibility index (Phi) is 6.54. The Bertz CT molecular complexity index is 150. The SMILES string of the molecule is CCC(O)CC(CCCN)C(=O)O. The highest BCUT2D eigenvalue weighted by molar-refractivity contribution is 5.69. The summed E-state index contributed by atoms with van der Waals surface area (Å²) >= 11 is 0. The van der Waals surface area contributed by atoms with Gasteiger partial charge in [0.2, 0.25) is 0 Å². The third-order valence-electron chi connectivity index (χ3n) is 2.13. The van der Waals surface area contributed by atoms with Gasteiger partial charge in [-0.3, -0.25) is 4.79 Å². The molecule has 0 aromatic heterocycles. The molecule has 0 spiro atoms. The first-order valence-electron chi connectivity index (χ1n) is 4.72. The van der Waals surface area contributed by atoms with Crippen molar-refractivity contribution in [3.63, 3.8) is 0 Å². The first-order chi connectivity index (χ1) is 6.11. The van der Waals surface area contributed by atoms with E-state index in [1.807, 2.05) is 6.92 Å². The quantitative estimate of drug-likeness (QED) is 0.547. The summed E-state index contributed by atoms with van der Waals surface area (Å²) in [7, 11) is 0. The predicted molar refractivity (Wildman–Crippen MR) is 50.3 cm³/mol. The number of aliphatic carboxylic acids is 1. The molecule has 2 atom stereocenters. The standard InChI is InChI=1S/C9H19NO3/c1-2-8(11)6-7(9(12)13)4-3-5-10/h7-8,11H,2-6,10H2,1H3,(H,12,13). The molecule has 4 nitrogen and oxygen atoms in total. The number of aliphatic hydroxyl groups is 1. The summed E-state index contributed by atoms with van der Waals surface area (Å²) in [6.45, 7) is 2.35. The monoisotopic (exact) mass is 189 g/mol. The topological polar surface area (TPSA) is 83.5 Å².